The Labute approximate surface area is 181 Å². The van der Waals surface area contributed by atoms with Gasteiger partial charge >= 0.3 is 0 Å². The number of benzene rings is 2. The fourth-order valence-corrected chi connectivity index (χ4v) is 1.88. The molecule has 0 aliphatic heterocycles. The molecule has 2 aromatic rings. The monoisotopic (exact) mass is 362 g/mol. The summed E-state index contributed by atoms with van der Waals surface area (Å²) in [7, 11) is 0. The molecular weight excluding hydrogens is 353 g/mol. The minimum absolute atomic E-state index is 0. The summed E-state index contributed by atoms with van der Waals surface area (Å²) in [5, 5.41) is 12.6. The van der Waals surface area contributed by atoms with E-state index in [1.807, 2.05) is 0 Å². The third-order valence-electron chi connectivity index (χ3n) is 2.45. The van der Waals surface area contributed by atoms with Crippen molar-refractivity contribution in [2.45, 2.75) is 0 Å². The quantitative estimate of drug-likeness (QED) is 0.171. The second kappa shape index (κ2) is 9.27. The van der Waals surface area contributed by atoms with Crippen molar-refractivity contribution in [3.63, 3.8) is 0 Å². The van der Waals surface area contributed by atoms with Gasteiger partial charge in [-0.05, 0) is 36.5 Å². The number of rotatable bonds is 3. The second-order valence-electron chi connectivity index (χ2n) is 3.84. The molecule has 7 heteroatoms. The van der Waals surface area contributed by atoms with E-state index in [2.05, 4.69) is 12.6 Å². The van der Waals surface area contributed by atoms with E-state index in [1.165, 1.54) is 6.21 Å². The number of hydrogen-bond donors (Lipinski definition) is 1. The van der Waals surface area contributed by atoms with Crippen molar-refractivity contribution in [2.24, 2.45) is 0 Å². The third-order valence-corrected chi connectivity index (χ3v) is 2.88. The van der Waals surface area contributed by atoms with E-state index in [0.29, 0.717) is 22.0 Å². The molecule has 0 unspecified atom stereocenters. The molecule has 2 rings (SSSR count). The Kier molecular flexibility index (Phi) is 8.44. The van der Waals surface area contributed by atoms with Crippen molar-refractivity contribution >= 4 is 104 Å². The average Bonchev–Trinajstić information content (AvgIpc) is 2.41. The normalized spacial score (nSPS) is 10.7. The van der Waals surface area contributed by atoms with Gasteiger partial charge in [0.2, 0.25) is 10.1 Å². The van der Waals surface area contributed by atoms with E-state index in [0.717, 1.165) is 4.74 Å². The van der Waals surface area contributed by atoms with Crippen LogP contribution in [0, 0.1) is 5.21 Å². The molecule has 0 saturated carbocycles. The number of ether oxygens (including phenoxy) is 1. The number of hydrogen-bond acceptors (Lipinski definition) is 3. The van der Waals surface area contributed by atoms with Gasteiger partial charge in [-0.3, -0.25) is 0 Å². The molecule has 0 N–H and O–H groups in total. The van der Waals surface area contributed by atoms with Crippen molar-refractivity contribution < 1.29 is 9.48 Å². The topological polar surface area (TPSA) is 35.3 Å². The molecule has 0 fully saturated rings. The van der Waals surface area contributed by atoms with Gasteiger partial charge in [0.25, 0.3) is 0 Å². The van der Waals surface area contributed by atoms with Crippen LogP contribution in [0.25, 0.3) is 0 Å². The molecule has 0 bridgehead atoms. The first-order valence-electron chi connectivity index (χ1n) is 5.63. The van der Waals surface area contributed by atoms with Crippen LogP contribution < -0.4 is 4.74 Å². The van der Waals surface area contributed by atoms with Crippen LogP contribution in [0.15, 0.2) is 48.5 Å². The molecular formula is C14H10ClKNO2S2. The van der Waals surface area contributed by atoms with Crippen molar-refractivity contribution in [2.75, 3.05) is 0 Å². The predicted molar refractivity (Wildman–Crippen MR) is 94.3 cm³/mol. The molecule has 2 aromatic carbocycles. The molecule has 0 amide bonds. The van der Waals surface area contributed by atoms with Gasteiger partial charge in [0.1, 0.15) is 5.75 Å². The van der Waals surface area contributed by atoms with Gasteiger partial charge in [0.15, 0.2) is 6.21 Å². The maximum absolute atomic E-state index is 12.1. The molecule has 21 heavy (non-hydrogen) atoms. The maximum Gasteiger partial charge on any atom is 0.222 e. The van der Waals surface area contributed by atoms with E-state index in [-0.39, 0.29) is 55.8 Å². The maximum atomic E-state index is 12.1. The molecule has 0 aromatic heterocycles. The van der Waals surface area contributed by atoms with Gasteiger partial charge in [0, 0.05) is 68.5 Å². The molecule has 103 valence electrons. The Morgan fingerprint density at radius 2 is 1.81 bits per heavy atom. The van der Waals surface area contributed by atoms with Crippen LogP contribution in [0.1, 0.15) is 5.56 Å². The first-order valence-corrected chi connectivity index (χ1v) is 6.86. The summed E-state index contributed by atoms with van der Waals surface area (Å²) in [6.45, 7) is 0. The van der Waals surface area contributed by atoms with Gasteiger partial charge < -0.3 is 9.94 Å². The van der Waals surface area contributed by atoms with E-state index < -0.39 is 0 Å². The Morgan fingerprint density at radius 1 is 1.19 bits per heavy atom. The van der Waals surface area contributed by atoms with E-state index in [9.17, 15) is 5.21 Å². The summed E-state index contributed by atoms with van der Waals surface area (Å²) in [6, 6.07) is 13.6. The zero-order chi connectivity index (χ0) is 14.5. The first-order chi connectivity index (χ1) is 9.56. The minimum atomic E-state index is 0. The Morgan fingerprint density at radius 3 is 2.43 bits per heavy atom. The minimum Gasteiger partial charge on any atom is -0.618 e. The summed E-state index contributed by atoms with van der Waals surface area (Å²) in [6.07, 6.45) is 1.41. The molecule has 0 saturated heterocycles. The summed E-state index contributed by atoms with van der Waals surface area (Å²) < 4.78 is 6.11. The van der Waals surface area contributed by atoms with Crippen LogP contribution in [0.3, 0.4) is 0 Å². The van der Waals surface area contributed by atoms with Crippen molar-refractivity contribution in [1.29, 1.82) is 0 Å². The zero-order valence-corrected chi connectivity index (χ0v) is 16.8. The average molecular weight is 363 g/mol. The fourth-order valence-electron chi connectivity index (χ4n) is 1.56. The van der Waals surface area contributed by atoms with Crippen LogP contribution in [0.4, 0.5) is 5.69 Å². The van der Waals surface area contributed by atoms with E-state index >= 15 is 0 Å². The van der Waals surface area contributed by atoms with Crippen LogP contribution >= 0.6 is 36.4 Å². The van der Waals surface area contributed by atoms with E-state index in [1.54, 1.807) is 48.5 Å². The Bertz CT molecular complexity index is 662. The van der Waals surface area contributed by atoms with Gasteiger partial charge in [-0.15, -0.1) is 0 Å². The van der Waals surface area contributed by atoms with Crippen LogP contribution in [-0.4, -0.2) is 66.7 Å². The zero-order valence-electron chi connectivity index (χ0n) is 11.2. The van der Waals surface area contributed by atoms with Crippen LogP contribution in [0.5, 0.6) is 5.75 Å². The smallest absolute Gasteiger partial charge is 0.222 e. The summed E-state index contributed by atoms with van der Waals surface area (Å²) in [5.74, 6) is 0.474. The van der Waals surface area contributed by atoms with Crippen molar-refractivity contribution in [3.05, 3.63) is 64.3 Å². The molecule has 1 radical (unpaired) electrons. The Balaban J connectivity index is 0.00000220. The summed E-state index contributed by atoms with van der Waals surface area (Å²) in [5.41, 5.74) is 1.08. The third kappa shape index (κ3) is 6.00. The van der Waals surface area contributed by atoms with Crippen molar-refractivity contribution in [3.8, 4) is 5.75 Å². The van der Waals surface area contributed by atoms with Gasteiger partial charge in [-0.1, -0.05) is 36.4 Å². The van der Waals surface area contributed by atoms with Gasteiger partial charge in [0.05, 0.1) is 5.56 Å². The number of para-hydroxylation sites is 1. The standard InChI is InChI=1S/C14H10ClNO2S2.K/c15-11-5-7-12(8-6-11)16(17)9-10-3-1-2-4-13(10)18-14(19)20;/h1-9H,(H,19,20);/b16-9-;. The Hall–Kier alpha value is 0.0764. The SMILES string of the molecule is [K].[O-]/[N+](=C\c1ccccc1OC(=S)S)c1ccc(Cl)cc1. The molecule has 0 heterocycles. The van der Waals surface area contributed by atoms with Crippen molar-refractivity contribution in [1.82, 2.24) is 0 Å². The summed E-state index contributed by atoms with van der Waals surface area (Å²) in [4.78, 5) is 0. The number of thiol groups is 1. The predicted octanol–water partition coefficient (Wildman–Crippen LogP) is 3.81. The van der Waals surface area contributed by atoms with E-state index in [4.69, 9.17) is 28.6 Å². The summed E-state index contributed by atoms with van der Waals surface area (Å²) >= 11 is 14.5. The second-order valence-corrected chi connectivity index (χ2v) is 5.35. The molecule has 0 atom stereocenters. The number of thiocarbonyl (C=S) groups is 1. The van der Waals surface area contributed by atoms with Crippen LogP contribution in [0.2, 0.25) is 5.02 Å². The van der Waals surface area contributed by atoms with Gasteiger partial charge in [-0.25, -0.2) is 0 Å². The number of nitrogens with zero attached hydrogens (tertiary/aromatic N) is 1. The molecule has 0 aliphatic rings. The molecule has 0 aliphatic carbocycles. The molecule has 0 spiro atoms. The molecule has 3 nitrogen and oxygen atoms in total. The largest absolute Gasteiger partial charge is 0.618 e. The fraction of sp³-hybridized carbons (Fsp3) is 0. The van der Waals surface area contributed by atoms with Gasteiger partial charge in [-0.2, -0.15) is 4.74 Å². The first kappa shape index (κ1) is 19.1. The van der Waals surface area contributed by atoms with Crippen LogP contribution in [-0.2, 0) is 0 Å². The number of halogens is 1.